The summed E-state index contributed by atoms with van der Waals surface area (Å²) in [6.45, 7) is 1.79. The number of carbonyl (C=O) groups excluding carboxylic acids is 2. The molecular weight excluding hydrogens is 535 g/mol. The summed E-state index contributed by atoms with van der Waals surface area (Å²) in [5.74, 6) is 0.00847. The minimum absolute atomic E-state index is 0.136. The average molecular weight is 558 g/mol. The first-order valence-electron chi connectivity index (χ1n) is 10.7. The van der Waals surface area contributed by atoms with Gasteiger partial charge in [0.25, 0.3) is 5.91 Å². The molecule has 4 N–H and O–H groups in total. The van der Waals surface area contributed by atoms with Crippen molar-refractivity contribution in [1.82, 2.24) is 25.3 Å². The summed E-state index contributed by atoms with van der Waals surface area (Å²) in [6.07, 6.45) is 1.54. The van der Waals surface area contributed by atoms with Crippen molar-refractivity contribution in [3.05, 3.63) is 56.5 Å². The highest BCUT2D eigenvalue weighted by atomic mass is 35.5. The van der Waals surface area contributed by atoms with Gasteiger partial charge in [-0.05, 0) is 25.8 Å². The Morgan fingerprint density at radius 3 is 2.51 bits per heavy atom. The third-order valence-corrected chi connectivity index (χ3v) is 6.84. The minimum atomic E-state index is -4.44. The predicted molar refractivity (Wildman–Crippen MR) is 132 cm³/mol. The molecule has 4 rings (SSSR count). The van der Waals surface area contributed by atoms with Crippen molar-refractivity contribution in [1.29, 1.82) is 0 Å². The number of nitrogens with zero attached hydrogens (tertiary/aromatic N) is 4. The van der Waals surface area contributed by atoms with Gasteiger partial charge in [0.15, 0.2) is 6.29 Å². The molecule has 3 aromatic rings. The van der Waals surface area contributed by atoms with E-state index in [1.54, 1.807) is 14.0 Å². The number of aromatic nitrogens is 4. The maximum atomic E-state index is 12.7. The van der Waals surface area contributed by atoms with Gasteiger partial charge in [0.05, 0.1) is 32.7 Å². The van der Waals surface area contributed by atoms with E-state index in [1.807, 2.05) is 0 Å². The summed E-state index contributed by atoms with van der Waals surface area (Å²) in [5, 5.41) is 5.57. The summed E-state index contributed by atoms with van der Waals surface area (Å²) in [5.41, 5.74) is 5.25. The van der Waals surface area contributed by atoms with E-state index in [1.165, 1.54) is 30.9 Å². The predicted octanol–water partition coefficient (Wildman–Crippen LogP) is 4.25. The standard InChI is InChI=1S/C15H17N5O3S.C7H6ClF3N2/c1-8(14-17-5-9(6-21)24-14)20-13(22)11-10(12(16)19-7-18-11)15(23-2)3-4-15;1-12-6-2-4(7(9,10)11)5(8)3-13-6/h5-8H,3-4H2,1-2H3,(H,20,22)(H2,16,18,19);2-3H,1H3,(H,12,13). The number of halogens is 4. The topological polar surface area (TPSA) is 145 Å². The van der Waals surface area contributed by atoms with E-state index in [0.29, 0.717) is 15.4 Å². The van der Waals surface area contributed by atoms with E-state index >= 15 is 0 Å². The van der Waals surface area contributed by atoms with E-state index < -0.39 is 22.4 Å². The molecule has 0 aliphatic heterocycles. The Morgan fingerprint density at radius 1 is 1.27 bits per heavy atom. The summed E-state index contributed by atoms with van der Waals surface area (Å²) in [4.78, 5) is 39.8. The second kappa shape index (κ2) is 11.4. The number of ether oxygens (including phenoxy) is 1. The van der Waals surface area contributed by atoms with E-state index in [0.717, 1.165) is 31.4 Å². The average Bonchev–Trinajstić information content (AvgIpc) is 3.50. The lowest BCUT2D eigenvalue weighted by molar-refractivity contribution is -0.137. The number of carbonyl (C=O) groups is 2. The maximum absolute atomic E-state index is 12.7. The Bertz CT molecular complexity index is 1280. The Labute approximate surface area is 218 Å². The lowest BCUT2D eigenvalue weighted by Gasteiger charge is -2.19. The van der Waals surface area contributed by atoms with E-state index in [-0.39, 0.29) is 29.3 Å². The van der Waals surface area contributed by atoms with Gasteiger partial charge in [-0.2, -0.15) is 13.2 Å². The number of aldehydes is 1. The van der Waals surface area contributed by atoms with Crippen LogP contribution in [0, 0.1) is 0 Å². The number of thiazole rings is 1. The normalized spacial score (nSPS) is 14.7. The largest absolute Gasteiger partial charge is 0.418 e. The van der Waals surface area contributed by atoms with Crippen LogP contribution >= 0.6 is 22.9 Å². The van der Waals surface area contributed by atoms with Gasteiger partial charge < -0.3 is 21.1 Å². The first kappa shape index (κ1) is 28.2. The number of amides is 1. The molecule has 1 aliphatic rings. The zero-order chi connectivity index (χ0) is 27.4. The molecule has 1 unspecified atom stereocenters. The highest BCUT2D eigenvalue weighted by molar-refractivity contribution is 7.13. The van der Waals surface area contributed by atoms with E-state index in [2.05, 4.69) is 30.6 Å². The molecule has 0 saturated heterocycles. The van der Waals surface area contributed by atoms with E-state index in [4.69, 9.17) is 22.1 Å². The number of nitrogens with two attached hydrogens (primary N) is 1. The number of anilines is 2. The van der Waals surface area contributed by atoms with Gasteiger partial charge in [-0.25, -0.2) is 19.9 Å². The molecule has 37 heavy (non-hydrogen) atoms. The molecule has 1 amide bonds. The number of methoxy groups -OCH3 is 1. The van der Waals surface area contributed by atoms with Gasteiger partial charge >= 0.3 is 6.18 Å². The highest BCUT2D eigenvalue weighted by Gasteiger charge is 2.49. The van der Waals surface area contributed by atoms with Gasteiger partial charge in [-0.3, -0.25) is 9.59 Å². The van der Waals surface area contributed by atoms with Crippen LogP contribution in [0.4, 0.5) is 24.8 Å². The molecule has 10 nitrogen and oxygen atoms in total. The number of hydrogen-bond acceptors (Lipinski definition) is 10. The van der Waals surface area contributed by atoms with Crippen molar-refractivity contribution in [3.63, 3.8) is 0 Å². The number of hydrogen-bond donors (Lipinski definition) is 3. The molecule has 1 fully saturated rings. The monoisotopic (exact) mass is 557 g/mol. The number of nitrogens with one attached hydrogen (secondary N) is 2. The molecule has 0 radical (unpaired) electrons. The second-order valence-corrected chi connectivity index (χ2v) is 9.39. The Kier molecular flexibility index (Phi) is 8.66. The lowest BCUT2D eigenvalue weighted by atomic mass is 10.1. The van der Waals surface area contributed by atoms with Gasteiger partial charge in [-0.1, -0.05) is 11.6 Å². The second-order valence-electron chi connectivity index (χ2n) is 7.89. The fourth-order valence-electron chi connectivity index (χ4n) is 3.37. The van der Waals surface area contributed by atoms with Crippen LogP contribution < -0.4 is 16.4 Å². The SMILES string of the molecule is CNc1cc(C(F)(F)F)c(Cl)cn1.COC1(c2c(N)ncnc2C(=O)NC(C)c2ncc(C=O)s2)CC1. The molecule has 1 saturated carbocycles. The Hall–Kier alpha value is -3.36. The Morgan fingerprint density at radius 2 is 1.97 bits per heavy atom. The molecule has 0 bridgehead atoms. The summed E-state index contributed by atoms with van der Waals surface area (Å²) >= 11 is 6.56. The molecule has 1 atom stereocenters. The van der Waals surface area contributed by atoms with Crippen molar-refractivity contribution in [2.24, 2.45) is 0 Å². The fourth-order valence-corrected chi connectivity index (χ4v) is 4.31. The molecule has 3 aromatic heterocycles. The Balaban J connectivity index is 0.000000248. The quantitative estimate of drug-likeness (QED) is 0.363. The van der Waals surface area contributed by atoms with Crippen molar-refractivity contribution >= 4 is 46.8 Å². The van der Waals surface area contributed by atoms with Crippen LogP contribution in [0.2, 0.25) is 5.02 Å². The van der Waals surface area contributed by atoms with Gasteiger partial charge in [-0.15, -0.1) is 11.3 Å². The molecular formula is C22H23ClF3N7O3S. The van der Waals surface area contributed by atoms with Gasteiger partial charge in [0.2, 0.25) is 0 Å². The van der Waals surface area contributed by atoms with Gasteiger partial charge in [0.1, 0.15) is 28.7 Å². The van der Waals surface area contributed by atoms with Crippen molar-refractivity contribution < 1.29 is 27.5 Å². The third kappa shape index (κ3) is 6.50. The van der Waals surface area contributed by atoms with Crippen LogP contribution in [0.1, 0.15) is 62.1 Å². The first-order valence-corrected chi connectivity index (χ1v) is 11.9. The van der Waals surface area contributed by atoms with Crippen LogP contribution in [0.3, 0.4) is 0 Å². The number of rotatable bonds is 7. The maximum Gasteiger partial charge on any atom is 0.418 e. The molecule has 0 aromatic carbocycles. The molecule has 3 heterocycles. The summed E-state index contributed by atoms with van der Waals surface area (Å²) < 4.78 is 42.2. The van der Waals surface area contributed by atoms with Crippen LogP contribution in [0.15, 0.2) is 24.8 Å². The fraction of sp³-hybridized carbons (Fsp3) is 0.364. The first-order chi connectivity index (χ1) is 17.5. The van der Waals surface area contributed by atoms with Crippen molar-refractivity contribution in [3.8, 4) is 0 Å². The van der Waals surface area contributed by atoms with Gasteiger partial charge in [0, 0.05) is 26.6 Å². The van der Waals surface area contributed by atoms with Crippen LogP contribution in [-0.2, 0) is 16.5 Å². The number of pyridine rings is 1. The number of alkyl halides is 3. The smallest absolute Gasteiger partial charge is 0.383 e. The summed E-state index contributed by atoms with van der Waals surface area (Å²) in [7, 11) is 3.07. The molecule has 1 aliphatic carbocycles. The number of nitrogen functional groups attached to an aromatic ring is 1. The zero-order valence-corrected chi connectivity index (χ0v) is 21.5. The minimum Gasteiger partial charge on any atom is -0.383 e. The third-order valence-electron chi connectivity index (χ3n) is 5.43. The lowest BCUT2D eigenvalue weighted by Crippen LogP contribution is -2.30. The van der Waals surface area contributed by atoms with E-state index in [9.17, 15) is 22.8 Å². The molecule has 198 valence electrons. The zero-order valence-electron chi connectivity index (χ0n) is 19.9. The summed E-state index contributed by atoms with van der Waals surface area (Å²) in [6, 6.07) is 0.500. The molecule has 0 spiro atoms. The van der Waals surface area contributed by atoms with Crippen molar-refractivity contribution in [2.45, 2.75) is 37.6 Å². The van der Waals surface area contributed by atoms with Crippen molar-refractivity contribution in [2.75, 3.05) is 25.2 Å². The van der Waals surface area contributed by atoms with Crippen LogP contribution in [-0.4, -0.2) is 46.3 Å². The highest BCUT2D eigenvalue weighted by Crippen LogP contribution is 2.51. The molecule has 15 heteroatoms. The van der Waals surface area contributed by atoms with Crippen LogP contribution in [0.25, 0.3) is 0 Å². The van der Waals surface area contributed by atoms with Crippen LogP contribution in [0.5, 0.6) is 0 Å².